The van der Waals surface area contributed by atoms with Crippen molar-refractivity contribution in [2.24, 2.45) is 0 Å². The van der Waals surface area contributed by atoms with Gasteiger partial charge in [0, 0.05) is 13.0 Å². The number of fused-ring (bicyclic) bond motifs is 1. The highest BCUT2D eigenvalue weighted by Gasteiger charge is 2.31. The number of rotatable bonds is 10. The molecule has 1 saturated heterocycles. The van der Waals surface area contributed by atoms with Gasteiger partial charge in [-0.05, 0) is 42.3 Å². The lowest BCUT2D eigenvalue weighted by molar-refractivity contribution is -0.128. The molecule has 3 amide bonds. The highest BCUT2D eigenvalue weighted by atomic mass is 32.2. The maximum absolute atomic E-state index is 12.9. The van der Waals surface area contributed by atoms with Gasteiger partial charge in [-0.1, -0.05) is 53.9 Å². The molecular formula is C25H24N4O6S3. The number of ether oxygens (including phenoxy) is 2. The van der Waals surface area contributed by atoms with E-state index in [1.807, 2.05) is 24.3 Å². The first-order valence-electron chi connectivity index (χ1n) is 11.4. The average molecular weight is 573 g/mol. The normalized spacial score (nSPS) is 14.3. The topological polar surface area (TPSA) is 123 Å². The number of nitrogens with zero attached hydrogens (tertiary/aromatic N) is 2. The van der Waals surface area contributed by atoms with Gasteiger partial charge in [-0.2, -0.15) is 0 Å². The molecule has 3 aromatic rings. The number of hydrogen-bond donors (Lipinski definition) is 2. The molecule has 198 valence electrons. The first-order chi connectivity index (χ1) is 18.4. The highest BCUT2D eigenvalue weighted by molar-refractivity contribution is 8.26. The number of nitrogens with one attached hydrogen (secondary N) is 2. The van der Waals surface area contributed by atoms with E-state index in [0.29, 0.717) is 43.5 Å². The molecule has 0 bridgehead atoms. The number of aromatic nitrogens is 1. The summed E-state index contributed by atoms with van der Waals surface area (Å²) in [5, 5.41) is 0.372. The Kier molecular flexibility index (Phi) is 9.26. The Bertz CT molecular complexity index is 1370. The van der Waals surface area contributed by atoms with Crippen LogP contribution in [0.4, 0.5) is 0 Å². The number of thioether (sulfide) groups is 2. The molecule has 0 radical (unpaired) electrons. The summed E-state index contributed by atoms with van der Waals surface area (Å²) in [6.07, 6.45) is 2.21. The van der Waals surface area contributed by atoms with Gasteiger partial charge >= 0.3 is 0 Å². The molecule has 38 heavy (non-hydrogen) atoms. The lowest BCUT2D eigenvalue weighted by Gasteiger charge is -2.14. The number of methoxy groups -OCH3 is 2. The van der Waals surface area contributed by atoms with E-state index in [2.05, 4.69) is 15.8 Å². The maximum atomic E-state index is 12.9. The number of carbonyl (C=O) groups excluding carboxylic acids is 3. The van der Waals surface area contributed by atoms with Crippen LogP contribution in [0, 0.1) is 0 Å². The fraction of sp³-hybridized carbons (Fsp3) is 0.240. The van der Waals surface area contributed by atoms with Gasteiger partial charge in [-0.3, -0.25) is 30.1 Å². The first kappa shape index (κ1) is 27.5. The van der Waals surface area contributed by atoms with Gasteiger partial charge < -0.3 is 13.9 Å². The molecule has 4 rings (SSSR count). The minimum atomic E-state index is -0.400. The Morgan fingerprint density at radius 1 is 1.13 bits per heavy atom. The summed E-state index contributed by atoms with van der Waals surface area (Å²) in [5.74, 6) is 0.170. The van der Waals surface area contributed by atoms with Crippen LogP contribution < -0.4 is 20.3 Å². The number of amides is 3. The zero-order valence-corrected chi connectivity index (χ0v) is 23.0. The number of hydrogen-bond acceptors (Lipinski definition) is 10. The minimum absolute atomic E-state index is 0.0239. The smallest absolute Gasteiger partial charge is 0.266 e. The summed E-state index contributed by atoms with van der Waals surface area (Å²) in [6, 6.07) is 12.7. The van der Waals surface area contributed by atoms with E-state index in [1.54, 1.807) is 38.5 Å². The van der Waals surface area contributed by atoms with Crippen molar-refractivity contribution in [1.82, 2.24) is 20.7 Å². The fourth-order valence-electron chi connectivity index (χ4n) is 3.46. The molecule has 1 aliphatic rings. The summed E-state index contributed by atoms with van der Waals surface area (Å²) in [4.78, 5) is 43.3. The van der Waals surface area contributed by atoms with Crippen LogP contribution in [0.2, 0.25) is 0 Å². The van der Waals surface area contributed by atoms with Gasteiger partial charge in [-0.15, -0.1) is 0 Å². The van der Waals surface area contributed by atoms with Crippen LogP contribution in [0.5, 0.6) is 11.5 Å². The number of carbonyl (C=O) groups is 3. The number of benzene rings is 2. The Balaban J connectivity index is 1.19. The van der Waals surface area contributed by atoms with Crippen molar-refractivity contribution < 1.29 is 28.3 Å². The van der Waals surface area contributed by atoms with Crippen molar-refractivity contribution >= 4 is 75.0 Å². The Hall–Kier alpha value is -3.55. The third kappa shape index (κ3) is 6.85. The number of hydrazine groups is 1. The van der Waals surface area contributed by atoms with E-state index in [9.17, 15) is 14.4 Å². The van der Waals surface area contributed by atoms with Gasteiger partial charge in [-0.25, -0.2) is 4.98 Å². The molecular weight excluding hydrogens is 548 g/mol. The Morgan fingerprint density at radius 2 is 1.89 bits per heavy atom. The lowest BCUT2D eigenvalue weighted by atomic mass is 10.2. The second kappa shape index (κ2) is 12.8. The van der Waals surface area contributed by atoms with Crippen LogP contribution >= 0.6 is 35.7 Å². The van der Waals surface area contributed by atoms with Gasteiger partial charge in [0.15, 0.2) is 17.1 Å². The van der Waals surface area contributed by atoms with Crippen LogP contribution in [0.1, 0.15) is 18.4 Å². The number of para-hydroxylation sites is 2. The van der Waals surface area contributed by atoms with Gasteiger partial charge in [0.1, 0.15) is 9.84 Å². The average Bonchev–Trinajstić information content (AvgIpc) is 3.46. The van der Waals surface area contributed by atoms with E-state index in [-0.39, 0.29) is 30.5 Å². The summed E-state index contributed by atoms with van der Waals surface area (Å²) in [5.41, 5.74) is 6.86. The second-order valence-electron chi connectivity index (χ2n) is 7.88. The predicted molar refractivity (Wildman–Crippen MR) is 150 cm³/mol. The van der Waals surface area contributed by atoms with Crippen LogP contribution in [0.3, 0.4) is 0 Å². The monoisotopic (exact) mass is 572 g/mol. The third-order valence-corrected chi connectivity index (χ3v) is 7.51. The first-order valence-corrected chi connectivity index (χ1v) is 13.6. The standard InChI is InChI=1S/C25H24N4O6S3/c1-33-18-10-9-15(12-19(18)34-2)13-20-23(32)29(25(36)38-20)11-5-8-21(30)27-28-22(31)14-37-24-26-16-6-3-4-7-17(16)35-24/h3-4,6-7,9-10,12-13H,5,8,11,14H2,1-2H3,(H,27,30)(H,28,31)/b20-13-. The van der Waals surface area contributed by atoms with Crippen molar-refractivity contribution in [2.75, 3.05) is 26.5 Å². The van der Waals surface area contributed by atoms with E-state index < -0.39 is 5.91 Å². The van der Waals surface area contributed by atoms with E-state index in [1.165, 1.54) is 16.7 Å². The van der Waals surface area contributed by atoms with Crippen LogP contribution in [0.25, 0.3) is 17.2 Å². The summed E-state index contributed by atoms with van der Waals surface area (Å²) >= 11 is 7.69. The molecule has 13 heteroatoms. The van der Waals surface area contributed by atoms with Crippen molar-refractivity contribution in [3.05, 3.63) is 52.9 Å². The molecule has 10 nitrogen and oxygen atoms in total. The zero-order valence-electron chi connectivity index (χ0n) is 20.5. The predicted octanol–water partition coefficient (Wildman–Crippen LogP) is 3.77. The second-order valence-corrected chi connectivity index (χ2v) is 10.5. The summed E-state index contributed by atoms with van der Waals surface area (Å²) in [6.45, 7) is 0.281. The van der Waals surface area contributed by atoms with Crippen LogP contribution in [-0.4, -0.2) is 58.4 Å². The molecule has 0 spiro atoms. The van der Waals surface area contributed by atoms with Crippen molar-refractivity contribution in [3.63, 3.8) is 0 Å². The van der Waals surface area contributed by atoms with E-state index >= 15 is 0 Å². The minimum Gasteiger partial charge on any atom is -0.493 e. The third-order valence-electron chi connectivity index (χ3n) is 5.31. The molecule has 0 aliphatic carbocycles. The lowest BCUT2D eigenvalue weighted by Crippen LogP contribution is -2.42. The molecule has 1 fully saturated rings. The number of oxazole rings is 1. The molecule has 0 unspecified atom stereocenters. The van der Waals surface area contributed by atoms with Crippen molar-refractivity contribution in [3.8, 4) is 11.5 Å². The highest BCUT2D eigenvalue weighted by Crippen LogP contribution is 2.34. The largest absolute Gasteiger partial charge is 0.493 e. The van der Waals surface area contributed by atoms with Gasteiger partial charge in [0.25, 0.3) is 11.1 Å². The number of thiocarbonyl (C=S) groups is 1. The maximum Gasteiger partial charge on any atom is 0.266 e. The van der Waals surface area contributed by atoms with E-state index in [4.69, 9.17) is 26.1 Å². The summed E-state index contributed by atoms with van der Waals surface area (Å²) in [7, 11) is 3.10. The molecule has 0 atom stereocenters. The molecule has 2 heterocycles. The molecule has 1 aliphatic heterocycles. The SMILES string of the molecule is COc1ccc(/C=C2\SC(=S)N(CCCC(=O)NNC(=O)CSc3nc4ccccc4o3)C2=O)cc1OC. The van der Waals surface area contributed by atoms with E-state index in [0.717, 1.165) is 17.3 Å². The summed E-state index contributed by atoms with van der Waals surface area (Å²) < 4.78 is 16.5. The van der Waals surface area contributed by atoms with Gasteiger partial charge in [0.2, 0.25) is 11.8 Å². The van der Waals surface area contributed by atoms with Crippen molar-refractivity contribution in [1.29, 1.82) is 0 Å². The Morgan fingerprint density at radius 3 is 2.66 bits per heavy atom. The molecule has 2 N–H and O–H groups in total. The molecule has 2 aromatic carbocycles. The van der Waals surface area contributed by atoms with Gasteiger partial charge in [0.05, 0.1) is 24.9 Å². The zero-order chi connectivity index (χ0) is 27.1. The van der Waals surface area contributed by atoms with Crippen molar-refractivity contribution in [2.45, 2.75) is 18.1 Å². The molecule has 0 saturated carbocycles. The van der Waals surface area contributed by atoms with Crippen LogP contribution in [-0.2, 0) is 14.4 Å². The quantitative estimate of drug-likeness (QED) is 0.161. The fourth-order valence-corrected chi connectivity index (χ4v) is 5.41. The van der Waals surface area contributed by atoms with Crippen LogP contribution in [0.15, 0.2) is 57.0 Å². The molecule has 1 aromatic heterocycles. The Labute approximate surface area is 232 Å².